The van der Waals surface area contributed by atoms with Crippen LogP contribution in [-0.2, 0) is 6.42 Å². The Morgan fingerprint density at radius 2 is 1.71 bits per heavy atom. The third-order valence-electron chi connectivity index (χ3n) is 4.24. The summed E-state index contributed by atoms with van der Waals surface area (Å²) in [5, 5.41) is 10.1. The second kappa shape index (κ2) is 6.30. The van der Waals surface area contributed by atoms with Gasteiger partial charge >= 0.3 is 6.18 Å². The van der Waals surface area contributed by atoms with Crippen molar-refractivity contribution in [2.45, 2.75) is 44.4 Å². The zero-order valence-corrected chi connectivity index (χ0v) is 11.3. The van der Waals surface area contributed by atoms with Gasteiger partial charge in [0.05, 0.1) is 12.0 Å². The van der Waals surface area contributed by atoms with Gasteiger partial charge in [0.1, 0.15) is 0 Å². The van der Waals surface area contributed by atoms with Crippen molar-refractivity contribution in [2.24, 2.45) is 11.8 Å². The molecule has 1 unspecified atom stereocenters. The number of alkyl halides is 3. The molecule has 21 heavy (non-hydrogen) atoms. The molecule has 0 bridgehead atoms. The number of hydrogen-bond donors (Lipinski definition) is 1. The van der Waals surface area contributed by atoms with Crippen LogP contribution in [-0.4, -0.2) is 17.4 Å². The van der Waals surface area contributed by atoms with E-state index in [0.29, 0.717) is 0 Å². The summed E-state index contributed by atoms with van der Waals surface area (Å²) in [7, 11) is 0. The average Bonchev–Trinajstić information content (AvgIpc) is 2.43. The average molecular weight is 308 g/mol. The Hall–Kier alpha value is -1.17. The fraction of sp³-hybridized carbons (Fsp3) is 0.600. The number of benzene rings is 1. The molecule has 1 saturated carbocycles. The van der Waals surface area contributed by atoms with Crippen LogP contribution in [0.4, 0.5) is 22.0 Å². The molecule has 0 saturated heterocycles. The SMILES string of the molecule is OC(Cc1cccc(F)c1F)C1CCC(C(F)(F)F)CC1. The second-order valence-corrected chi connectivity index (χ2v) is 5.64. The summed E-state index contributed by atoms with van der Waals surface area (Å²) in [6.45, 7) is 0. The highest BCUT2D eigenvalue weighted by Crippen LogP contribution is 2.40. The summed E-state index contributed by atoms with van der Waals surface area (Å²) >= 11 is 0. The largest absolute Gasteiger partial charge is 0.392 e. The number of aliphatic hydroxyl groups is 1. The van der Waals surface area contributed by atoms with Gasteiger partial charge in [-0.15, -0.1) is 0 Å². The van der Waals surface area contributed by atoms with Crippen molar-refractivity contribution in [3.63, 3.8) is 0 Å². The third kappa shape index (κ3) is 3.93. The van der Waals surface area contributed by atoms with E-state index >= 15 is 0 Å². The maximum Gasteiger partial charge on any atom is 0.391 e. The highest BCUT2D eigenvalue weighted by Gasteiger charge is 2.42. The van der Waals surface area contributed by atoms with E-state index in [1.165, 1.54) is 12.1 Å². The smallest absolute Gasteiger partial charge is 0.391 e. The molecule has 1 fully saturated rings. The monoisotopic (exact) mass is 308 g/mol. The van der Waals surface area contributed by atoms with Crippen LogP contribution in [0.1, 0.15) is 31.2 Å². The first kappa shape index (κ1) is 16.2. The highest BCUT2D eigenvalue weighted by molar-refractivity contribution is 5.19. The lowest BCUT2D eigenvalue weighted by molar-refractivity contribution is -0.185. The van der Waals surface area contributed by atoms with E-state index in [4.69, 9.17) is 0 Å². The molecule has 1 atom stereocenters. The summed E-state index contributed by atoms with van der Waals surface area (Å²) < 4.78 is 64.3. The lowest BCUT2D eigenvalue weighted by Gasteiger charge is -2.32. The van der Waals surface area contributed by atoms with E-state index in [1.807, 2.05) is 0 Å². The molecule has 0 aromatic heterocycles. The summed E-state index contributed by atoms with van der Waals surface area (Å²) in [6, 6.07) is 3.71. The van der Waals surface area contributed by atoms with E-state index < -0.39 is 29.8 Å². The molecule has 1 nitrogen and oxygen atoms in total. The van der Waals surface area contributed by atoms with Crippen LogP contribution in [0.3, 0.4) is 0 Å². The normalized spacial score (nSPS) is 24.9. The molecule has 0 heterocycles. The van der Waals surface area contributed by atoms with E-state index in [9.17, 15) is 27.1 Å². The van der Waals surface area contributed by atoms with Crippen molar-refractivity contribution in [3.05, 3.63) is 35.4 Å². The first-order valence-electron chi connectivity index (χ1n) is 6.96. The first-order chi connectivity index (χ1) is 9.79. The highest BCUT2D eigenvalue weighted by atomic mass is 19.4. The summed E-state index contributed by atoms with van der Waals surface area (Å²) in [5.74, 6) is -3.60. The molecule has 1 N–H and O–H groups in total. The van der Waals surface area contributed by atoms with Crippen molar-refractivity contribution < 1.29 is 27.1 Å². The molecule has 1 aliphatic rings. The summed E-state index contributed by atoms with van der Waals surface area (Å²) in [4.78, 5) is 0. The van der Waals surface area contributed by atoms with Crippen molar-refractivity contribution in [2.75, 3.05) is 0 Å². The molecular weight excluding hydrogens is 291 g/mol. The summed E-state index contributed by atoms with van der Waals surface area (Å²) in [6.07, 6.45) is -4.75. The van der Waals surface area contributed by atoms with Gasteiger partial charge in [-0.25, -0.2) is 8.78 Å². The van der Waals surface area contributed by atoms with Gasteiger partial charge in [-0.2, -0.15) is 13.2 Å². The van der Waals surface area contributed by atoms with Gasteiger partial charge in [-0.3, -0.25) is 0 Å². The Labute approximate surface area is 119 Å². The second-order valence-electron chi connectivity index (χ2n) is 5.64. The van der Waals surface area contributed by atoms with Crippen LogP contribution in [0.2, 0.25) is 0 Å². The van der Waals surface area contributed by atoms with E-state index in [2.05, 4.69) is 0 Å². The zero-order chi connectivity index (χ0) is 15.6. The predicted octanol–water partition coefficient (Wildman–Crippen LogP) is 4.24. The molecule has 0 amide bonds. The lowest BCUT2D eigenvalue weighted by atomic mass is 9.78. The molecule has 1 aromatic rings. The molecular formula is C15H17F5O. The van der Waals surface area contributed by atoms with Crippen molar-refractivity contribution in [3.8, 4) is 0 Å². The van der Waals surface area contributed by atoms with Gasteiger partial charge in [0, 0.05) is 6.42 Å². The topological polar surface area (TPSA) is 20.2 Å². The van der Waals surface area contributed by atoms with E-state index in [1.54, 1.807) is 0 Å². The molecule has 1 aromatic carbocycles. The maximum atomic E-state index is 13.5. The minimum absolute atomic E-state index is 0.0170. The molecule has 0 spiro atoms. The Kier molecular flexibility index (Phi) is 4.86. The van der Waals surface area contributed by atoms with Gasteiger partial charge < -0.3 is 5.11 Å². The number of rotatable bonds is 3. The number of halogens is 5. The van der Waals surface area contributed by atoms with Crippen LogP contribution >= 0.6 is 0 Å². The van der Waals surface area contributed by atoms with Crippen molar-refractivity contribution in [1.29, 1.82) is 0 Å². The minimum atomic E-state index is -4.19. The van der Waals surface area contributed by atoms with Gasteiger partial charge in [0.2, 0.25) is 0 Å². The van der Waals surface area contributed by atoms with Gasteiger partial charge in [0.25, 0.3) is 0 Å². The van der Waals surface area contributed by atoms with Crippen LogP contribution in [0, 0.1) is 23.5 Å². The lowest BCUT2D eigenvalue weighted by Crippen LogP contribution is -2.33. The Morgan fingerprint density at radius 3 is 2.29 bits per heavy atom. The molecule has 0 aliphatic heterocycles. The zero-order valence-electron chi connectivity index (χ0n) is 11.3. The molecule has 118 valence electrons. The Morgan fingerprint density at radius 1 is 1.10 bits per heavy atom. The predicted molar refractivity (Wildman–Crippen MR) is 67.6 cm³/mol. The Balaban J connectivity index is 1.93. The van der Waals surface area contributed by atoms with Crippen LogP contribution in [0.5, 0.6) is 0 Å². The van der Waals surface area contributed by atoms with Crippen molar-refractivity contribution in [1.82, 2.24) is 0 Å². The van der Waals surface area contributed by atoms with Crippen LogP contribution in [0.25, 0.3) is 0 Å². The van der Waals surface area contributed by atoms with Crippen LogP contribution in [0.15, 0.2) is 18.2 Å². The van der Waals surface area contributed by atoms with E-state index in [0.717, 1.165) is 6.07 Å². The van der Waals surface area contributed by atoms with Gasteiger partial charge in [-0.1, -0.05) is 12.1 Å². The number of aliphatic hydroxyl groups excluding tert-OH is 1. The third-order valence-corrected chi connectivity index (χ3v) is 4.24. The standard InChI is InChI=1S/C15H17F5O/c16-12-3-1-2-10(14(12)17)8-13(21)9-4-6-11(7-5-9)15(18,19)20/h1-3,9,11,13,21H,4-8H2. The maximum absolute atomic E-state index is 13.5. The fourth-order valence-electron chi connectivity index (χ4n) is 2.93. The minimum Gasteiger partial charge on any atom is -0.392 e. The fourth-order valence-corrected chi connectivity index (χ4v) is 2.93. The van der Waals surface area contributed by atoms with Gasteiger partial charge in [0.15, 0.2) is 11.6 Å². The summed E-state index contributed by atoms with van der Waals surface area (Å²) in [5.41, 5.74) is 0.0560. The van der Waals surface area contributed by atoms with E-state index in [-0.39, 0.29) is 43.6 Å². The Bertz CT molecular complexity index is 477. The molecule has 2 rings (SSSR count). The number of hydrogen-bond acceptors (Lipinski definition) is 1. The quantitative estimate of drug-likeness (QED) is 0.828. The van der Waals surface area contributed by atoms with Crippen LogP contribution < -0.4 is 0 Å². The van der Waals surface area contributed by atoms with Gasteiger partial charge in [-0.05, 0) is 43.2 Å². The first-order valence-corrected chi connectivity index (χ1v) is 6.96. The molecule has 1 aliphatic carbocycles. The molecule has 0 radical (unpaired) electrons. The molecule has 6 heteroatoms. The van der Waals surface area contributed by atoms with Crippen molar-refractivity contribution >= 4 is 0 Å².